The molecule has 0 fully saturated rings. The Morgan fingerprint density at radius 3 is 2.65 bits per heavy atom. The van der Waals surface area contributed by atoms with Crippen LogP contribution in [0.1, 0.15) is 40.6 Å². The van der Waals surface area contributed by atoms with Crippen LogP contribution in [0.4, 0.5) is 13.2 Å². The van der Waals surface area contributed by atoms with Gasteiger partial charge < -0.3 is 5.32 Å². The molecule has 1 amide bonds. The lowest BCUT2D eigenvalue weighted by Gasteiger charge is -2.13. The molecule has 0 radical (unpaired) electrons. The lowest BCUT2D eigenvalue weighted by molar-refractivity contribution is -0.140. The predicted octanol–water partition coefficient (Wildman–Crippen LogP) is 3.62. The summed E-state index contributed by atoms with van der Waals surface area (Å²) in [5.41, 5.74) is -0.152. The Kier molecular flexibility index (Phi) is 5.03. The molecule has 1 aromatic carbocycles. The van der Waals surface area contributed by atoms with Crippen LogP contribution in [-0.2, 0) is 6.18 Å². The topological polar surface area (TPSA) is 72.7 Å². The highest BCUT2D eigenvalue weighted by Crippen LogP contribution is 2.32. The van der Waals surface area contributed by atoms with Gasteiger partial charge in [0.15, 0.2) is 11.4 Å². The largest absolute Gasteiger partial charge is 0.434 e. The van der Waals surface area contributed by atoms with Gasteiger partial charge in [-0.05, 0) is 18.6 Å². The van der Waals surface area contributed by atoms with Gasteiger partial charge in [0.1, 0.15) is 5.01 Å². The highest BCUT2D eigenvalue weighted by molar-refractivity contribution is 7.09. The van der Waals surface area contributed by atoms with Crippen molar-refractivity contribution in [2.75, 3.05) is 0 Å². The number of thiazole rings is 1. The summed E-state index contributed by atoms with van der Waals surface area (Å²) >= 11 is 0.861. The molecule has 136 valence electrons. The standard InChI is InChI=1S/C16H14F3N5OS/c1-2-11(15-21-13(9-26-15)16(17,18)19)20-14(25)12-8-24(23-22-12)10-6-4-3-5-7-10/h3-9,11H,2H2,1H3,(H,20,25). The Bertz CT molecular complexity index is 891. The van der Waals surface area contributed by atoms with E-state index in [0.29, 0.717) is 6.42 Å². The Balaban J connectivity index is 1.74. The number of rotatable bonds is 5. The molecule has 0 aliphatic heterocycles. The van der Waals surface area contributed by atoms with Crippen molar-refractivity contribution in [2.45, 2.75) is 25.6 Å². The van der Waals surface area contributed by atoms with Crippen LogP contribution in [0.25, 0.3) is 5.69 Å². The average molecular weight is 381 g/mol. The molecule has 1 atom stereocenters. The fourth-order valence-corrected chi connectivity index (χ4v) is 3.18. The summed E-state index contributed by atoms with van der Waals surface area (Å²) in [7, 11) is 0. The maximum absolute atomic E-state index is 12.7. The molecule has 2 aromatic heterocycles. The van der Waals surface area contributed by atoms with E-state index >= 15 is 0 Å². The van der Waals surface area contributed by atoms with Gasteiger partial charge in [0.2, 0.25) is 0 Å². The second kappa shape index (κ2) is 7.24. The van der Waals surface area contributed by atoms with Crippen molar-refractivity contribution in [1.82, 2.24) is 25.3 Å². The number of carbonyl (C=O) groups excluding carboxylic acids is 1. The first-order valence-corrected chi connectivity index (χ1v) is 8.57. The molecule has 10 heteroatoms. The number of benzene rings is 1. The molecule has 2 heterocycles. The van der Waals surface area contributed by atoms with Gasteiger partial charge in [0.25, 0.3) is 5.91 Å². The van der Waals surface area contributed by atoms with Crippen LogP contribution in [0, 0.1) is 0 Å². The number of para-hydroxylation sites is 1. The van der Waals surface area contributed by atoms with Gasteiger partial charge in [-0.15, -0.1) is 16.4 Å². The van der Waals surface area contributed by atoms with E-state index in [9.17, 15) is 18.0 Å². The number of nitrogens with zero attached hydrogens (tertiary/aromatic N) is 4. The Hall–Kier alpha value is -2.75. The first-order valence-electron chi connectivity index (χ1n) is 7.69. The van der Waals surface area contributed by atoms with Crippen molar-refractivity contribution >= 4 is 17.2 Å². The minimum Gasteiger partial charge on any atom is -0.341 e. The molecule has 0 saturated heterocycles. The van der Waals surface area contributed by atoms with E-state index in [1.807, 2.05) is 18.2 Å². The second-order valence-electron chi connectivity index (χ2n) is 5.39. The molecule has 6 nitrogen and oxygen atoms in total. The number of hydrogen-bond donors (Lipinski definition) is 1. The van der Waals surface area contributed by atoms with Crippen molar-refractivity contribution in [3.8, 4) is 5.69 Å². The van der Waals surface area contributed by atoms with E-state index in [-0.39, 0.29) is 10.7 Å². The zero-order chi connectivity index (χ0) is 18.7. The first kappa shape index (κ1) is 18.1. The maximum atomic E-state index is 12.7. The van der Waals surface area contributed by atoms with Crippen LogP contribution >= 0.6 is 11.3 Å². The van der Waals surface area contributed by atoms with Crippen LogP contribution < -0.4 is 5.32 Å². The summed E-state index contributed by atoms with van der Waals surface area (Å²) in [6.07, 6.45) is -2.65. The maximum Gasteiger partial charge on any atom is 0.434 e. The summed E-state index contributed by atoms with van der Waals surface area (Å²) in [4.78, 5) is 16.0. The van der Waals surface area contributed by atoms with Gasteiger partial charge >= 0.3 is 6.18 Å². The van der Waals surface area contributed by atoms with E-state index in [1.54, 1.807) is 19.1 Å². The third-order valence-corrected chi connectivity index (χ3v) is 4.53. The van der Waals surface area contributed by atoms with Crippen LogP contribution in [0.15, 0.2) is 41.9 Å². The molecular formula is C16H14F3N5OS. The summed E-state index contributed by atoms with van der Waals surface area (Å²) in [6, 6.07) is 8.47. The van der Waals surface area contributed by atoms with Crippen molar-refractivity contribution in [3.63, 3.8) is 0 Å². The molecule has 26 heavy (non-hydrogen) atoms. The number of nitrogens with one attached hydrogen (secondary N) is 1. The highest BCUT2D eigenvalue weighted by atomic mass is 32.1. The van der Waals surface area contributed by atoms with Crippen LogP contribution in [-0.4, -0.2) is 25.9 Å². The lowest BCUT2D eigenvalue weighted by Crippen LogP contribution is -2.28. The number of hydrogen-bond acceptors (Lipinski definition) is 5. The van der Waals surface area contributed by atoms with E-state index in [2.05, 4.69) is 20.6 Å². The first-order chi connectivity index (χ1) is 12.4. The minimum atomic E-state index is -4.50. The quantitative estimate of drug-likeness (QED) is 0.733. The number of alkyl halides is 3. The van der Waals surface area contributed by atoms with Crippen molar-refractivity contribution < 1.29 is 18.0 Å². The molecule has 0 aliphatic rings. The third kappa shape index (κ3) is 3.90. The Morgan fingerprint density at radius 1 is 1.31 bits per heavy atom. The highest BCUT2D eigenvalue weighted by Gasteiger charge is 2.34. The van der Waals surface area contributed by atoms with E-state index in [4.69, 9.17) is 0 Å². The molecule has 1 N–H and O–H groups in total. The zero-order valence-corrected chi connectivity index (χ0v) is 14.4. The van der Waals surface area contributed by atoms with Crippen molar-refractivity contribution in [2.24, 2.45) is 0 Å². The summed E-state index contributed by atoms with van der Waals surface area (Å²) in [5.74, 6) is -0.525. The molecule has 3 rings (SSSR count). The fraction of sp³-hybridized carbons (Fsp3) is 0.250. The summed E-state index contributed by atoms with van der Waals surface area (Å²) < 4.78 is 39.5. The minimum absolute atomic E-state index is 0.0694. The van der Waals surface area contributed by atoms with Crippen LogP contribution in [0.5, 0.6) is 0 Å². The van der Waals surface area contributed by atoms with E-state index in [1.165, 1.54) is 10.9 Å². The van der Waals surface area contributed by atoms with Gasteiger partial charge in [-0.25, -0.2) is 9.67 Å². The molecule has 1 unspecified atom stereocenters. The smallest absolute Gasteiger partial charge is 0.341 e. The van der Waals surface area contributed by atoms with Gasteiger partial charge in [0.05, 0.1) is 17.9 Å². The van der Waals surface area contributed by atoms with Gasteiger partial charge in [-0.2, -0.15) is 13.2 Å². The van der Waals surface area contributed by atoms with Crippen molar-refractivity contribution in [3.05, 3.63) is 58.3 Å². The normalized spacial score (nSPS) is 12.8. The predicted molar refractivity (Wildman–Crippen MR) is 89.0 cm³/mol. The van der Waals surface area contributed by atoms with Crippen LogP contribution in [0.2, 0.25) is 0 Å². The molecule has 0 bridgehead atoms. The number of aromatic nitrogens is 4. The van der Waals surface area contributed by atoms with Crippen molar-refractivity contribution in [1.29, 1.82) is 0 Å². The molecule has 0 saturated carbocycles. The molecular weight excluding hydrogens is 367 g/mol. The number of carbonyl (C=O) groups is 1. The Labute approximate surface area is 150 Å². The second-order valence-corrected chi connectivity index (χ2v) is 6.28. The van der Waals surface area contributed by atoms with E-state index in [0.717, 1.165) is 22.4 Å². The average Bonchev–Trinajstić information content (AvgIpc) is 3.29. The van der Waals surface area contributed by atoms with Gasteiger partial charge in [-0.1, -0.05) is 30.3 Å². The molecule has 0 spiro atoms. The SMILES string of the molecule is CCC(NC(=O)c1cn(-c2ccccc2)nn1)c1nc(C(F)(F)F)cs1. The van der Waals surface area contributed by atoms with Gasteiger partial charge in [0, 0.05) is 5.38 Å². The molecule has 0 aliphatic carbocycles. The number of amides is 1. The molecule has 3 aromatic rings. The number of halogens is 3. The lowest BCUT2D eigenvalue weighted by atomic mass is 10.2. The summed E-state index contributed by atoms with van der Waals surface area (Å²) in [6.45, 7) is 1.75. The van der Waals surface area contributed by atoms with Crippen LogP contribution in [0.3, 0.4) is 0 Å². The van der Waals surface area contributed by atoms with Gasteiger partial charge in [-0.3, -0.25) is 4.79 Å². The third-order valence-electron chi connectivity index (χ3n) is 3.57. The summed E-state index contributed by atoms with van der Waals surface area (Å²) in [5, 5.41) is 11.5. The Morgan fingerprint density at radius 2 is 2.04 bits per heavy atom. The monoisotopic (exact) mass is 381 g/mol. The zero-order valence-electron chi connectivity index (χ0n) is 13.6. The van der Waals surface area contributed by atoms with E-state index < -0.39 is 23.8 Å². The fourth-order valence-electron chi connectivity index (χ4n) is 2.22.